The number of piperazine rings is 1. The van der Waals surface area contributed by atoms with E-state index >= 15 is 0 Å². The summed E-state index contributed by atoms with van der Waals surface area (Å²) in [6, 6.07) is 22.3. The van der Waals surface area contributed by atoms with Crippen molar-refractivity contribution in [3.05, 3.63) is 122 Å². The third-order valence-corrected chi connectivity index (χ3v) is 15.1. The van der Waals surface area contributed by atoms with Gasteiger partial charge in [0.05, 0.1) is 15.4 Å². The van der Waals surface area contributed by atoms with E-state index in [2.05, 4.69) is 50.8 Å². The number of nitrogens with zero attached hydrogens (tertiary/aromatic N) is 4. The van der Waals surface area contributed by atoms with Crippen LogP contribution in [0, 0.1) is 15.5 Å². The highest BCUT2D eigenvalue weighted by Gasteiger charge is 2.32. The van der Waals surface area contributed by atoms with Gasteiger partial charge in [-0.15, -0.1) is 0 Å². The third kappa shape index (κ3) is 12.7. The van der Waals surface area contributed by atoms with Crippen LogP contribution in [-0.4, -0.2) is 106 Å². The maximum atomic E-state index is 14.2. The molecule has 2 fully saturated rings. The van der Waals surface area contributed by atoms with E-state index in [0.29, 0.717) is 57.9 Å². The first kappa shape index (κ1) is 51.2. The number of amides is 2. The van der Waals surface area contributed by atoms with E-state index in [1.54, 1.807) is 57.0 Å². The molecular formula is C53H64ClN7O9S. The molecule has 0 bridgehead atoms. The molecule has 18 heteroatoms. The number of sulfonamides is 1. The van der Waals surface area contributed by atoms with Crippen LogP contribution >= 0.6 is 11.6 Å². The molecule has 0 atom stereocenters. The molecule has 0 radical (unpaired) electrons. The summed E-state index contributed by atoms with van der Waals surface area (Å²) < 4.78 is 47.5. The predicted molar refractivity (Wildman–Crippen MR) is 277 cm³/mol. The van der Waals surface area contributed by atoms with Crippen LogP contribution in [0.25, 0.3) is 16.5 Å². The molecule has 378 valence electrons. The Morgan fingerprint density at radius 1 is 0.986 bits per heavy atom. The molecule has 3 heterocycles. The Bertz CT molecular complexity index is 2920. The molecule has 0 unspecified atom stereocenters. The lowest BCUT2D eigenvalue weighted by Crippen LogP contribution is -2.47. The lowest BCUT2D eigenvalue weighted by Gasteiger charge is -2.39. The second-order valence-electron chi connectivity index (χ2n) is 20.5. The molecule has 4 aromatic carbocycles. The van der Waals surface area contributed by atoms with Gasteiger partial charge in [-0.3, -0.25) is 19.8 Å². The van der Waals surface area contributed by atoms with Gasteiger partial charge in [-0.2, -0.15) is 0 Å². The highest BCUT2D eigenvalue weighted by atomic mass is 35.5. The number of nitro groups is 1. The summed E-state index contributed by atoms with van der Waals surface area (Å²) in [6.45, 7) is 15.3. The minimum atomic E-state index is -4.62. The monoisotopic (exact) mass is 1010 g/mol. The van der Waals surface area contributed by atoms with Crippen molar-refractivity contribution >= 4 is 67.2 Å². The molecule has 16 nitrogen and oxygen atoms in total. The van der Waals surface area contributed by atoms with Crippen molar-refractivity contribution in [3.8, 4) is 11.5 Å². The summed E-state index contributed by atoms with van der Waals surface area (Å²) in [5, 5.41) is 16.7. The minimum absolute atomic E-state index is 0.0263. The van der Waals surface area contributed by atoms with Gasteiger partial charge in [-0.25, -0.2) is 17.9 Å². The van der Waals surface area contributed by atoms with Crippen LogP contribution < -0.4 is 24.6 Å². The summed E-state index contributed by atoms with van der Waals surface area (Å²) in [6.07, 6.45) is 6.31. The van der Waals surface area contributed by atoms with E-state index in [4.69, 9.17) is 25.8 Å². The van der Waals surface area contributed by atoms with Crippen molar-refractivity contribution in [2.24, 2.45) is 5.41 Å². The number of carbonyl (C=O) groups is 2. The van der Waals surface area contributed by atoms with Gasteiger partial charge in [0, 0.05) is 106 Å². The summed E-state index contributed by atoms with van der Waals surface area (Å²) in [4.78, 5) is 47.6. The minimum Gasteiger partial charge on any atom is -0.456 e. The first-order valence-corrected chi connectivity index (χ1v) is 26.1. The Hall–Kier alpha value is -6.14. The van der Waals surface area contributed by atoms with Crippen LogP contribution in [0.5, 0.6) is 11.5 Å². The summed E-state index contributed by atoms with van der Waals surface area (Å²) in [7, 11) is -2.88. The molecule has 0 saturated carbocycles. The largest absolute Gasteiger partial charge is 0.456 e. The van der Waals surface area contributed by atoms with Gasteiger partial charge in [0.25, 0.3) is 21.6 Å². The van der Waals surface area contributed by atoms with Crippen molar-refractivity contribution in [1.82, 2.24) is 19.9 Å². The van der Waals surface area contributed by atoms with Gasteiger partial charge in [0.2, 0.25) is 0 Å². The number of allylic oxidation sites excluding steroid dienone is 1. The standard InChI is InChI=1S/C53H64ClN7O9S/c1-52(2,3)70-51(63)55-22-18-36-33-56-46-15-12-41(30-44(36)46)69-49-29-40(60-25-23-59(24-26-60)34-37-17-21-53(4,5)32-45(37)35-7-9-38(54)10-8-35)11-14-43(49)50(62)57-71(66,67)42-13-16-47(48(31-42)61(64)65)58(6)39-19-27-68-28-20-39/h7-16,29-31,33,39,56H,17-28,32,34H2,1-6H3,(H,55,63)(H,57,62). The van der Waals surface area contributed by atoms with Gasteiger partial charge in [0.1, 0.15) is 22.8 Å². The van der Waals surface area contributed by atoms with Gasteiger partial charge in [-0.1, -0.05) is 43.2 Å². The van der Waals surface area contributed by atoms with Crippen LogP contribution in [0.2, 0.25) is 5.02 Å². The van der Waals surface area contributed by atoms with E-state index in [-0.39, 0.29) is 28.5 Å². The zero-order chi connectivity index (χ0) is 50.7. The van der Waals surface area contributed by atoms with E-state index in [1.165, 1.54) is 28.8 Å². The highest BCUT2D eigenvalue weighted by molar-refractivity contribution is 7.90. The number of carbonyl (C=O) groups excluding carboxylic acids is 2. The van der Waals surface area contributed by atoms with E-state index in [1.807, 2.05) is 30.5 Å². The highest BCUT2D eigenvalue weighted by Crippen LogP contribution is 2.44. The Labute approximate surface area is 420 Å². The SMILES string of the molecule is CN(c1ccc(S(=O)(=O)NC(=O)c2ccc(N3CCN(CC4=C(c5ccc(Cl)cc5)CC(C)(C)CC4)CC3)cc2Oc2ccc3[nH]cc(CCNC(=O)OC(C)(C)C)c3c2)cc1[N+](=O)[O-])C1CCOCC1. The maximum Gasteiger partial charge on any atom is 0.407 e. The number of alkyl carbamates (subject to hydrolysis) is 1. The summed E-state index contributed by atoms with van der Waals surface area (Å²) in [5.41, 5.74) is 5.97. The number of halogens is 1. The Balaban J connectivity index is 1.04. The number of ether oxygens (including phenoxy) is 3. The number of anilines is 2. The molecular weight excluding hydrogens is 946 g/mol. The maximum absolute atomic E-state index is 14.2. The van der Waals surface area contributed by atoms with Crippen LogP contribution in [0.1, 0.15) is 88.2 Å². The molecule has 2 amide bonds. The summed E-state index contributed by atoms with van der Waals surface area (Å²) >= 11 is 6.27. The topological polar surface area (TPSA) is 189 Å². The van der Waals surface area contributed by atoms with Crippen molar-refractivity contribution in [2.45, 2.75) is 89.7 Å². The number of rotatable bonds is 15. The lowest BCUT2D eigenvalue weighted by molar-refractivity contribution is -0.384. The number of nitro benzene ring substituents is 1. The average Bonchev–Trinajstić information content (AvgIpc) is 3.73. The Morgan fingerprint density at radius 2 is 1.72 bits per heavy atom. The normalized spacial score (nSPS) is 17.0. The first-order chi connectivity index (χ1) is 33.7. The van der Waals surface area contributed by atoms with Gasteiger partial charge >= 0.3 is 6.09 Å². The van der Waals surface area contributed by atoms with Gasteiger partial charge < -0.3 is 34.3 Å². The fourth-order valence-electron chi connectivity index (χ4n) is 9.67. The number of aromatic amines is 1. The lowest BCUT2D eigenvalue weighted by atomic mass is 9.72. The fourth-order valence-corrected chi connectivity index (χ4v) is 10.8. The molecule has 71 heavy (non-hydrogen) atoms. The van der Waals surface area contributed by atoms with Crippen molar-refractivity contribution in [3.63, 3.8) is 0 Å². The molecule has 1 aromatic heterocycles. The number of benzene rings is 4. The molecule has 3 N–H and O–H groups in total. The van der Waals surface area contributed by atoms with E-state index < -0.39 is 43.1 Å². The van der Waals surface area contributed by atoms with Crippen LogP contribution in [0.15, 0.2) is 95.5 Å². The van der Waals surface area contributed by atoms with Gasteiger partial charge in [0.15, 0.2) is 0 Å². The number of fused-ring (bicyclic) bond motifs is 1. The predicted octanol–water partition coefficient (Wildman–Crippen LogP) is 10.1. The number of hydrogen-bond acceptors (Lipinski definition) is 12. The fraction of sp³-hybridized carbons (Fsp3) is 0.434. The smallest absolute Gasteiger partial charge is 0.407 e. The Morgan fingerprint density at radius 3 is 2.42 bits per heavy atom. The summed E-state index contributed by atoms with van der Waals surface area (Å²) in [5.74, 6) is -0.472. The first-order valence-electron chi connectivity index (χ1n) is 24.2. The number of aromatic nitrogens is 1. The zero-order valence-electron chi connectivity index (χ0n) is 41.3. The van der Waals surface area contributed by atoms with Crippen molar-refractivity contribution in [1.29, 1.82) is 0 Å². The van der Waals surface area contributed by atoms with Crippen molar-refractivity contribution in [2.75, 3.05) is 69.3 Å². The van der Waals surface area contributed by atoms with Crippen LogP contribution in [-0.2, 0) is 25.9 Å². The molecule has 2 aliphatic heterocycles. The molecule has 8 rings (SSSR count). The average molecular weight is 1010 g/mol. The molecule has 0 spiro atoms. The third-order valence-electron chi connectivity index (χ3n) is 13.6. The van der Waals surface area contributed by atoms with E-state index in [0.717, 1.165) is 72.1 Å². The van der Waals surface area contributed by atoms with Gasteiger partial charge in [-0.05, 0) is 136 Å². The second-order valence-corrected chi connectivity index (χ2v) is 22.6. The number of hydrogen-bond donors (Lipinski definition) is 3. The molecule has 3 aliphatic rings. The Kier molecular flexibility index (Phi) is 15.4. The quantitative estimate of drug-likeness (QED) is 0.0666. The number of nitrogens with one attached hydrogen (secondary N) is 3. The number of H-pyrrole nitrogens is 1. The second kappa shape index (κ2) is 21.3. The van der Waals surface area contributed by atoms with Crippen LogP contribution in [0.4, 0.5) is 21.9 Å². The molecule has 5 aromatic rings. The molecule has 2 saturated heterocycles. The van der Waals surface area contributed by atoms with Crippen LogP contribution in [0.3, 0.4) is 0 Å². The zero-order valence-corrected chi connectivity index (χ0v) is 42.9. The van der Waals surface area contributed by atoms with Crippen molar-refractivity contribution < 1.29 is 37.1 Å². The van der Waals surface area contributed by atoms with E-state index in [9.17, 15) is 28.1 Å². The molecule has 1 aliphatic carbocycles.